The minimum absolute atomic E-state index is 0.0701. The molecule has 5 rings (SSSR count). The quantitative estimate of drug-likeness (QED) is 0.176. The fourth-order valence-electron chi connectivity index (χ4n) is 11.1. The number of aliphatic hydroxyl groups excluding tert-OH is 6. The van der Waals surface area contributed by atoms with E-state index in [1.165, 1.54) is 7.11 Å². The highest BCUT2D eigenvalue weighted by atomic mass is 16.7. The van der Waals surface area contributed by atoms with Gasteiger partial charge in [0.2, 0.25) is 0 Å². The topological polar surface area (TPSA) is 169 Å². The molecule has 45 heavy (non-hydrogen) atoms. The Morgan fingerprint density at radius 2 is 1.71 bits per heavy atom. The number of fused-ring (bicyclic) bond motifs is 5. The molecule has 1 aliphatic heterocycles. The molecule has 10 nitrogen and oxygen atoms in total. The van der Waals surface area contributed by atoms with Gasteiger partial charge in [0.1, 0.15) is 18.3 Å². The van der Waals surface area contributed by atoms with Crippen LogP contribution in [0.3, 0.4) is 0 Å². The molecule has 17 unspecified atom stereocenters. The summed E-state index contributed by atoms with van der Waals surface area (Å²) in [6.45, 7) is 10.7. The zero-order valence-electron chi connectivity index (χ0n) is 28.1. The maximum Gasteiger partial charge on any atom is 0.187 e. The van der Waals surface area contributed by atoms with Gasteiger partial charge in [-0.15, -0.1) is 0 Å². The molecule has 0 spiro atoms. The highest BCUT2D eigenvalue weighted by Crippen LogP contribution is 2.69. The van der Waals surface area contributed by atoms with E-state index in [4.69, 9.17) is 14.2 Å². The summed E-state index contributed by atoms with van der Waals surface area (Å²) in [4.78, 5) is 0. The molecule has 17 atom stereocenters. The van der Waals surface area contributed by atoms with E-state index >= 15 is 0 Å². The number of rotatable bonds is 10. The number of hydrogen-bond acceptors (Lipinski definition) is 10. The second kappa shape index (κ2) is 13.3. The predicted octanol–water partition coefficient (Wildman–Crippen LogP) is 2.14. The molecule has 3 saturated carbocycles. The molecule has 0 aromatic carbocycles. The van der Waals surface area contributed by atoms with Crippen molar-refractivity contribution in [2.75, 3.05) is 20.3 Å². The first-order valence-corrected chi connectivity index (χ1v) is 17.4. The third kappa shape index (κ3) is 5.87. The van der Waals surface area contributed by atoms with Crippen LogP contribution in [0.1, 0.15) is 86.0 Å². The molecule has 0 aromatic heterocycles. The van der Waals surface area contributed by atoms with Gasteiger partial charge in [0.25, 0.3) is 0 Å². The van der Waals surface area contributed by atoms with Crippen molar-refractivity contribution in [1.82, 2.24) is 0 Å². The SMILES string of the molecule is CCC(CCC(C)C1C(O)C(O)C2C1(C)CCC1C3(C)CCC(OC4OCC(O)C(O)C4OC)C=C3C(O)CC12O)C(C)CO. The van der Waals surface area contributed by atoms with E-state index in [0.717, 1.165) is 37.7 Å². The molecule has 4 fully saturated rings. The Labute approximate surface area is 268 Å². The standard InChI is InChI=1S/C35H60O10/c1-7-20(19(3)16-36)9-8-18(2)26-28(40)29(41)31-34(26,5)13-11-25-33(4)12-10-21(14-22(33)23(37)15-35(25,31)42)45-32-30(43-6)27(39)24(38)17-44-32/h14,18-21,23-32,36-42H,7-13,15-17H2,1-6H3. The van der Waals surface area contributed by atoms with Crippen LogP contribution in [0, 0.1) is 46.3 Å². The first-order chi connectivity index (χ1) is 21.2. The van der Waals surface area contributed by atoms with Crippen molar-refractivity contribution in [2.24, 2.45) is 46.3 Å². The molecular formula is C35H60O10. The Kier molecular flexibility index (Phi) is 10.6. The second-order valence-electron chi connectivity index (χ2n) is 15.9. The first-order valence-electron chi connectivity index (χ1n) is 17.4. The lowest BCUT2D eigenvalue weighted by atomic mass is 9.43. The Bertz CT molecular complexity index is 1060. The third-order valence-electron chi connectivity index (χ3n) is 13.5. The van der Waals surface area contributed by atoms with Gasteiger partial charge in [-0.2, -0.15) is 0 Å². The molecule has 0 amide bonds. The molecule has 5 aliphatic rings. The molecule has 4 aliphatic carbocycles. The van der Waals surface area contributed by atoms with E-state index in [1.54, 1.807) is 0 Å². The van der Waals surface area contributed by atoms with E-state index in [9.17, 15) is 35.7 Å². The monoisotopic (exact) mass is 640 g/mol. The minimum Gasteiger partial charge on any atom is -0.396 e. The van der Waals surface area contributed by atoms with Crippen LogP contribution in [0.4, 0.5) is 0 Å². The van der Waals surface area contributed by atoms with Gasteiger partial charge >= 0.3 is 0 Å². The smallest absolute Gasteiger partial charge is 0.187 e. The van der Waals surface area contributed by atoms with Crippen LogP contribution in [-0.2, 0) is 14.2 Å². The van der Waals surface area contributed by atoms with Crippen molar-refractivity contribution in [2.45, 2.75) is 141 Å². The molecule has 0 bridgehead atoms. The Balaban J connectivity index is 1.36. The normalized spacial score (nSPS) is 50.2. The summed E-state index contributed by atoms with van der Waals surface area (Å²) in [5, 5.41) is 77.7. The number of hydrogen-bond donors (Lipinski definition) is 7. The third-order valence-corrected chi connectivity index (χ3v) is 13.5. The summed E-state index contributed by atoms with van der Waals surface area (Å²) >= 11 is 0. The van der Waals surface area contributed by atoms with Gasteiger partial charge in [0.15, 0.2) is 6.29 Å². The molecule has 10 heteroatoms. The van der Waals surface area contributed by atoms with Gasteiger partial charge < -0.3 is 50.0 Å². The lowest BCUT2D eigenvalue weighted by Gasteiger charge is -2.64. The van der Waals surface area contributed by atoms with Gasteiger partial charge in [0.05, 0.1) is 36.6 Å². The van der Waals surface area contributed by atoms with Gasteiger partial charge in [-0.1, -0.05) is 53.5 Å². The Hall–Kier alpha value is -0.660. The maximum atomic E-state index is 12.7. The Morgan fingerprint density at radius 3 is 2.36 bits per heavy atom. The lowest BCUT2D eigenvalue weighted by Crippen LogP contribution is -2.66. The van der Waals surface area contributed by atoms with E-state index in [1.807, 2.05) is 6.08 Å². The largest absolute Gasteiger partial charge is 0.396 e. The number of aliphatic hydroxyl groups is 7. The Morgan fingerprint density at radius 1 is 1.00 bits per heavy atom. The van der Waals surface area contributed by atoms with E-state index in [2.05, 4.69) is 34.6 Å². The summed E-state index contributed by atoms with van der Waals surface area (Å²) in [5.74, 6) is -0.243. The van der Waals surface area contributed by atoms with E-state index in [0.29, 0.717) is 18.8 Å². The molecule has 0 radical (unpaired) electrons. The number of methoxy groups -OCH3 is 1. The van der Waals surface area contributed by atoms with Crippen molar-refractivity contribution in [1.29, 1.82) is 0 Å². The molecule has 1 heterocycles. The molecule has 0 aromatic rings. The molecule has 1 saturated heterocycles. The zero-order chi connectivity index (χ0) is 33.1. The fraction of sp³-hybridized carbons (Fsp3) is 0.943. The maximum absolute atomic E-state index is 12.7. The van der Waals surface area contributed by atoms with Crippen LogP contribution < -0.4 is 0 Å². The number of ether oxygens (including phenoxy) is 3. The van der Waals surface area contributed by atoms with Crippen LogP contribution in [0.5, 0.6) is 0 Å². The van der Waals surface area contributed by atoms with Crippen LogP contribution in [0.2, 0.25) is 0 Å². The second-order valence-corrected chi connectivity index (χ2v) is 15.9. The van der Waals surface area contributed by atoms with Crippen molar-refractivity contribution >= 4 is 0 Å². The summed E-state index contributed by atoms with van der Waals surface area (Å²) < 4.78 is 17.3. The summed E-state index contributed by atoms with van der Waals surface area (Å²) in [7, 11) is 1.43. The molecule has 260 valence electrons. The van der Waals surface area contributed by atoms with Crippen LogP contribution in [-0.4, -0.2) is 111 Å². The molecule has 7 N–H and O–H groups in total. The summed E-state index contributed by atoms with van der Waals surface area (Å²) in [6, 6.07) is 0. The van der Waals surface area contributed by atoms with Crippen LogP contribution in [0.15, 0.2) is 11.6 Å². The fourth-order valence-corrected chi connectivity index (χ4v) is 11.1. The van der Waals surface area contributed by atoms with E-state index in [-0.39, 0.29) is 43.3 Å². The van der Waals surface area contributed by atoms with Gasteiger partial charge in [-0.25, -0.2) is 0 Å². The first kappa shape index (κ1) is 35.6. The van der Waals surface area contributed by atoms with Crippen molar-refractivity contribution in [3.63, 3.8) is 0 Å². The molecular weight excluding hydrogens is 580 g/mol. The lowest BCUT2D eigenvalue weighted by molar-refractivity contribution is -0.285. The van der Waals surface area contributed by atoms with E-state index < -0.39 is 71.4 Å². The van der Waals surface area contributed by atoms with Gasteiger partial charge in [-0.05, 0) is 78.1 Å². The minimum atomic E-state index is -1.35. The van der Waals surface area contributed by atoms with Gasteiger partial charge in [-0.3, -0.25) is 0 Å². The van der Waals surface area contributed by atoms with Crippen molar-refractivity contribution in [3.05, 3.63) is 11.6 Å². The zero-order valence-corrected chi connectivity index (χ0v) is 28.1. The van der Waals surface area contributed by atoms with Crippen molar-refractivity contribution < 1.29 is 50.0 Å². The average molecular weight is 641 g/mol. The van der Waals surface area contributed by atoms with Crippen molar-refractivity contribution in [3.8, 4) is 0 Å². The summed E-state index contributed by atoms with van der Waals surface area (Å²) in [6.07, 6.45) is 0.218. The average Bonchev–Trinajstić information content (AvgIpc) is 3.20. The van der Waals surface area contributed by atoms with Crippen LogP contribution in [0.25, 0.3) is 0 Å². The van der Waals surface area contributed by atoms with Crippen LogP contribution >= 0.6 is 0 Å². The van der Waals surface area contributed by atoms with Gasteiger partial charge in [0, 0.05) is 26.1 Å². The highest BCUT2D eigenvalue weighted by molar-refractivity contribution is 5.33. The summed E-state index contributed by atoms with van der Waals surface area (Å²) in [5.41, 5.74) is -1.55. The predicted molar refractivity (Wildman–Crippen MR) is 167 cm³/mol. The highest BCUT2D eigenvalue weighted by Gasteiger charge is 2.72.